The van der Waals surface area contributed by atoms with Crippen LogP contribution in [0, 0.1) is 0 Å². The Labute approximate surface area is 245 Å². The van der Waals surface area contributed by atoms with Crippen molar-refractivity contribution in [3.05, 3.63) is 102 Å². The highest BCUT2D eigenvalue weighted by Crippen LogP contribution is 2.21. The van der Waals surface area contributed by atoms with Crippen LogP contribution in [-0.2, 0) is 39.0 Å². The topological polar surface area (TPSA) is 86.8 Å². The summed E-state index contributed by atoms with van der Waals surface area (Å²) in [7, 11) is -3.55. The van der Waals surface area contributed by atoms with E-state index in [-0.39, 0.29) is 37.4 Å². The van der Waals surface area contributed by atoms with Crippen LogP contribution in [0.2, 0.25) is 0 Å². The van der Waals surface area contributed by atoms with Gasteiger partial charge in [0.25, 0.3) is 0 Å². The van der Waals surface area contributed by atoms with Crippen LogP contribution in [0.1, 0.15) is 56.7 Å². The molecule has 0 fully saturated rings. The van der Waals surface area contributed by atoms with Gasteiger partial charge >= 0.3 is 0 Å². The molecule has 0 saturated carbocycles. The molecule has 0 aliphatic rings. The zero-order chi connectivity index (χ0) is 29.8. The predicted octanol–water partition coefficient (Wildman–Crippen LogP) is 5.35. The highest BCUT2D eigenvalue weighted by molar-refractivity contribution is 7.92. The summed E-state index contributed by atoms with van der Waals surface area (Å²) in [4.78, 5) is 29.1. The Morgan fingerprint density at radius 1 is 0.829 bits per heavy atom. The summed E-state index contributed by atoms with van der Waals surface area (Å²) < 4.78 is 26.6. The van der Waals surface area contributed by atoms with E-state index in [1.807, 2.05) is 93.6 Å². The molecule has 220 valence electrons. The number of nitrogens with zero attached hydrogens (tertiary/aromatic N) is 2. The molecule has 0 saturated heterocycles. The van der Waals surface area contributed by atoms with Gasteiger partial charge in [-0.3, -0.25) is 13.9 Å². The third-order valence-corrected chi connectivity index (χ3v) is 8.45. The zero-order valence-corrected chi connectivity index (χ0v) is 25.4. The molecule has 0 spiro atoms. The van der Waals surface area contributed by atoms with Gasteiger partial charge < -0.3 is 10.2 Å². The molecule has 3 rings (SSSR count). The normalized spacial score (nSPS) is 12.8. The molecule has 0 unspecified atom stereocenters. The highest BCUT2D eigenvalue weighted by Gasteiger charge is 2.31. The van der Waals surface area contributed by atoms with Crippen molar-refractivity contribution in [2.24, 2.45) is 0 Å². The number of anilines is 1. The van der Waals surface area contributed by atoms with Crippen molar-refractivity contribution in [3.63, 3.8) is 0 Å². The van der Waals surface area contributed by atoms with Gasteiger partial charge in [0, 0.05) is 32.0 Å². The van der Waals surface area contributed by atoms with Gasteiger partial charge in [-0.05, 0) is 55.0 Å². The first-order valence-electron chi connectivity index (χ1n) is 14.4. The van der Waals surface area contributed by atoms with Gasteiger partial charge in [0.15, 0.2) is 0 Å². The fourth-order valence-corrected chi connectivity index (χ4v) is 5.64. The lowest BCUT2D eigenvalue weighted by molar-refractivity contribution is -0.141. The number of hydrogen-bond acceptors (Lipinski definition) is 4. The summed E-state index contributed by atoms with van der Waals surface area (Å²) in [6.45, 7) is 6.45. The number of rotatable bonds is 15. The SMILES string of the molecule is CCc1ccc(N(CCCC(=O)N(Cc2ccccc2)[C@H](Cc2ccccc2)C(=O)N[C@@H](C)CC)S(C)(=O)=O)cc1. The Kier molecular flexibility index (Phi) is 12.0. The van der Waals surface area contributed by atoms with Gasteiger partial charge in [-0.15, -0.1) is 0 Å². The van der Waals surface area contributed by atoms with Crippen LogP contribution < -0.4 is 9.62 Å². The Hall–Kier alpha value is -3.65. The molecular weight excluding hydrogens is 534 g/mol. The molecular formula is C33H43N3O4S. The summed E-state index contributed by atoms with van der Waals surface area (Å²) in [6.07, 6.45) is 3.61. The minimum Gasteiger partial charge on any atom is -0.352 e. The Morgan fingerprint density at radius 3 is 1.95 bits per heavy atom. The van der Waals surface area contributed by atoms with Crippen molar-refractivity contribution in [3.8, 4) is 0 Å². The van der Waals surface area contributed by atoms with Crippen molar-refractivity contribution >= 4 is 27.5 Å². The molecule has 41 heavy (non-hydrogen) atoms. The molecule has 0 radical (unpaired) electrons. The van der Waals surface area contributed by atoms with Gasteiger partial charge in [0.2, 0.25) is 21.8 Å². The third-order valence-electron chi connectivity index (χ3n) is 7.25. The summed E-state index contributed by atoms with van der Waals surface area (Å²) in [6, 6.07) is 26.0. The molecule has 0 aromatic heterocycles. The molecule has 7 nitrogen and oxygen atoms in total. The molecule has 2 atom stereocenters. The molecule has 0 bridgehead atoms. The lowest BCUT2D eigenvalue weighted by Crippen LogP contribution is -2.52. The number of carbonyl (C=O) groups is 2. The largest absolute Gasteiger partial charge is 0.352 e. The van der Waals surface area contributed by atoms with Crippen LogP contribution in [0.15, 0.2) is 84.9 Å². The van der Waals surface area contributed by atoms with Crippen molar-refractivity contribution in [1.29, 1.82) is 0 Å². The first-order valence-corrected chi connectivity index (χ1v) is 16.2. The summed E-state index contributed by atoms with van der Waals surface area (Å²) >= 11 is 0. The number of carbonyl (C=O) groups excluding carboxylic acids is 2. The number of benzene rings is 3. The Bertz CT molecular complexity index is 1350. The highest BCUT2D eigenvalue weighted by atomic mass is 32.2. The van der Waals surface area contributed by atoms with Crippen LogP contribution >= 0.6 is 0 Å². The number of hydrogen-bond donors (Lipinski definition) is 1. The monoisotopic (exact) mass is 577 g/mol. The van der Waals surface area contributed by atoms with E-state index in [2.05, 4.69) is 5.32 Å². The molecule has 0 aliphatic carbocycles. The number of sulfonamides is 1. The van der Waals surface area contributed by atoms with E-state index in [4.69, 9.17) is 0 Å². The molecule has 3 aromatic rings. The lowest BCUT2D eigenvalue weighted by atomic mass is 10.0. The van der Waals surface area contributed by atoms with Crippen molar-refractivity contribution in [1.82, 2.24) is 10.2 Å². The maximum Gasteiger partial charge on any atom is 0.243 e. The maximum atomic E-state index is 13.9. The van der Waals surface area contributed by atoms with Crippen LogP contribution in [-0.4, -0.2) is 50.0 Å². The van der Waals surface area contributed by atoms with Gasteiger partial charge in [0.05, 0.1) is 11.9 Å². The molecule has 1 N–H and O–H groups in total. The number of amides is 2. The third kappa shape index (κ3) is 9.74. The van der Waals surface area contributed by atoms with E-state index in [1.54, 1.807) is 17.0 Å². The van der Waals surface area contributed by atoms with E-state index in [0.29, 0.717) is 18.5 Å². The number of aryl methyl sites for hydroxylation is 1. The second-order valence-corrected chi connectivity index (χ2v) is 12.4. The smallest absolute Gasteiger partial charge is 0.243 e. The minimum atomic E-state index is -3.55. The van der Waals surface area contributed by atoms with E-state index in [0.717, 1.165) is 29.5 Å². The summed E-state index contributed by atoms with van der Waals surface area (Å²) in [5, 5.41) is 3.08. The van der Waals surface area contributed by atoms with Crippen LogP contribution in [0.4, 0.5) is 5.69 Å². The standard InChI is InChI=1S/C33H43N3O4S/c1-5-26(3)34-33(38)31(24-28-14-9-7-10-15-28)35(25-29-16-11-8-12-17-29)32(37)18-13-23-36(41(4,39)40)30-21-19-27(6-2)20-22-30/h7-12,14-17,19-22,26,31H,5-6,13,18,23-25H2,1-4H3,(H,34,38)/t26-,31+/m0/s1. The second kappa shape index (κ2) is 15.4. The summed E-state index contributed by atoms with van der Waals surface area (Å²) in [5.74, 6) is -0.384. The maximum absolute atomic E-state index is 13.9. The van der Waals surface area contributed by atoms with E-state index in [9.17, 15) is 18.0 Å². The van der Waals surface area contributed by atoms with Crippen LogP contribution in [0.3, 0.4) is 0 Å². The Balaban J connectivity index is 1.85. The van der Waals surface area contributed by atoms with Crippen LogP contribution in [0.5, 0.6) is 0 Å². The van der Waals surface area contributed by atoms with Crippen molar-refractivity contribution in [2.75, 3.05) is 17.1 Å². The average molecular weight is 578 g/mol. The summed E-state index contributed by atoms with van der Waals surface area (Å²) in [5.41, 5.74) is 3.58. The zero-order valence-electron chi connectivity index (χ0n) is 24.6. The quantitative estimate of drug-likeness (QED) is 0.264. The van der Waals surface area contributed by atoms with Crippen LogP contribution in [0.25, 0.3) is 0 Å². The average Bonchev–Trinajstić information content (AvgIpc) is 2.97. The molecule has 8 heteroatoms. The van der Waals surface area contributed by atoms with Crippen molar-refractivity contribution < 1.29 is 18.0 Å². The molecule has 3 aromatic carbocycles. The van der Waals surface area contributed by atoms with Crippen molar-refractivity contribution in [2.45, 2.75) is 71.5 Å². The molecule has 0 heterocycles. The first-order chi connectivity index (χ1) is 19.6. The Morgan fingerprint density at radius 2 is 1.41 bits per heavy atom. The first kappa shape index (κ1) is 31.9. The van der Waals surface area contributed by atoms with Gasteiger partial charge in [-0.1, -0.05) is 86.6 Å². The predicted molar refractivity (Wildman–Crippen MR) is 166 cm³/mol. The van der Waals surface area contributed by atoms with Gasteiger partial charge in [-0.2, -0.15) is 0 Å². The fraction of sp³-hybridized carbons (Fsp3) is 0.394. The number of nitrogens with one attached hydrogen (secondary N) is 1. The lowest BCUT2D eigenvalue weighted by Gasteiger charge is -2.32. The molecule has 2 amide bonds. The van der Waals surface area contributed by atoms with E-state index >= 15 is 0 Å². The van der Waals surface area contributed by atoms with Gasteiger partial charge in [-0.25, -0.2) is 8.42 Å². The van der Waals surface area contributed by atoms with E-state index in [1.165, 1.54) is 10.6 Å². The van der Waals surface area contributed by atoms with E-state index < -0.39 is 16.1 Å². The minimum absolute atomic E-state index is 0.0307. The molecule has 0 aliphatic heterocycles. The fourth-order valence-electron chi connectivity index (χ4n) is 4.68. The second-order valence-electron chi connectivity index (χ2n) is 10.5. The van der Waals surface area contributed by atoms with Gasteiger partial charge in [0.1, 0.15) is 6.04 Å².